The molecule has 0 fully saturated rings. The van der Waals surface area contributed by atoms with Gasteiger partial charge in [0.25, 0.3) is 15.9 Å². The zero-order valence-corrected chi connectivity index (χ0v) is 19.6. The molecule has 0 saturated heterocycles. The van der Waals surface area contributed by atoms with Crippen molar-refractivity contribution in [3.63, 3.8) is 0 Å². The number of fused-ring (bicyclic) bond motifs is 1. The molecule has 1 aromatic heterocycles. The molecule has 0 aliphatic heterocycles. The number of rotatable bonds is 6. The van der Waals surface area contributed by atoms with Gasteiger partial charge in [0, 0.05) is 12.1 Å². The summed E-state index contributed by atoms with van der Waals surface area (Å²) in [6.07, 6.45) is 0. The number of hydrogen-bond acceptors (Lipinski definition) is 5. The number of carbonyl (C=O) groups is 1. The highest BCUT2D eigenvalue weighted by Gasteiger charge is 2.23. The van der Waals surface area contributed by atoms with E-state index in [0.717, 1.165) is 21.3 Å². The normalized spacial score (nSPS) is 11.5. The van der Waals surface area contributed by atoms with E-state index in [0.29, 0.717) is 22.9 Å². The minimum absolute atomic E-state index is 0.130. The Bertz CT molecular complexity index is 1380. The van der Waals surface area contributed by atoms with Crippen molar-refractivity contribution in [3.8, 4) is 0 Å². The first-order chi connectivity index (χ1) is 15.3. The summed E-state index contributed by atoms with van der Waals surface area (Å²) in [4.78, 5) is 17.4. The van der Waals surface area contributed by atoms with Crippen molar-refractivity contribution in [2.45, 2.75) is 25.7 Å². The predicted octanol–water partition coefficient (Wildman–Crippen LogP) is 5.38. The number of amides is 1. The quantitative estimate of drug-likeness (QED) is 0.415. The van der Waals surface area contributed by atoms with E-state index in [1.54, 1.807) is 31.2 Å². The molecule has 0 spiro atoms. The second-order valence-electron chi connectivity index (χ2n) is 7.43. The van der Waals surface area contributed by atoms with Crippen molar-refractivity contribution in [1.29, 1.82) is 0 Å². The molecule has 0 radical (unpaired) electrons. The maximum Gasteiger partial charge on any atom is 0.264 e. The van der Waals surface area contributed by atoms with Crippen molar-refractivity contribution in [1.82, 2.24) is 4.98 Å². The molecule has 0 aliphatic rings. The Morgan fingerprint density at radius 3 is 2.38 bits per heavy atom. The summed E-state index contributed by atoms with van der Waals surface area (Å²) in [6.45, 7) is 6.10. The minimum Gasteiger partial charge on any atom is -0.298 e. The summed E-state index contributed by atoms with van der Waals surface area (Å²) in [5.41, 5.74) is 4.03. The van der Waals surface area contributed by atoms with E-state index < -0.39 is 10.0 Å². The zero-order chi connectivity index (χ0) is 22.9. The Labute approximate surface area is 191 Å². The van der Waals surface area contributed by atoms with E-state index >= 15 is 0 Å². The van der Waals surface area contributed by atoms with Crippen molar-refractivity contribution < 1.29 is 13.2 Å². The number of nitrogens with one attached hydrogen (secondary N) is 1. The van der Waals surface area contributed by atoms with Crippen LogP contribution < -0.4 is 9.62 Å². The fourth-order valence-corrected chi connectivity index (χ4v) is 6.10. The molecule has 4 aromatic rings. The molecule has 6 nitrogen and oxygen atoms in total. The summed E-state index contributed by atoms with van der Waals surface area (Å²) < 4.78 is 28.6. The van der Waals surface area contributed by atoms with E-state index in [1.165, 1.54) is 39.9 Å². The lowest BCUT2D eigenvalue weighted by molar-refractivity contribution is 0.102. The van der Waals surface area contributed by atoms with E-state index in [4.69, 9.17) is 0 Å². The van der Waals surface area contributed by atoms with Crippen LogP contribution in [0.25, 0.3) is 10.2 Å². The predicted molar refractivity (Wildman–Crippen MR) is 130 cm³/mol. The molecule has 0 aliphatic carbocycles. The fraction of sp³-hybridized carbons (Fsp3) is 0.167. The van der Waals surface area contributed by atoms with Crippen molar-refractivity contribution >= 4 is 48.3 Å². The molecule has 3 aromatic carbocycles. The number of hydrogen-bond donors (Lipinski definition) is 1. The Morgan fingerprint density at radius 1 is 1.03 bits per heavy atom. The average molecular weight is 466 g/mol. The first kappa shape index (κ1) is 22.0. The minimum atomic E-state index is -3.74. The van der Waals surface area contributed by atoms with Gasteiger partial charge in [-0.2, -0.15) is 0 Å². The Hall–Kier alpha value is -3.23. The Balaban J connectivity index is 1.55. The molecule has 4 rings (SSSR count). The van der Waals surface area contributed by atoms with Gasteiger partial charge in [0.2, 0.25) is 0 Å². The van der Waals surface area contributed by atoms with E-state index in [1.807, 2.05) is 26.0 Å². The average Bonchev–Trinajstić information content (AvgIpc) is 3.17. The third-order valence-electron chi connectivity index (χ3n) is 5.09. The lowest BCUT2D eigenvalue weighted by Gasteiger charge is -2.22. The van der Waals surface area contributed by atoms with Crippen LogP contribution in [0.15, 0.2) is 71.6 Å². The molecule has 32 heavy (non-hydrogen) atoms. The molecule has 164 valence electrons. The summed E-state index contributed by atoms with van der Waals surface area (Å²) in [7, 11) is -3.74. The van der Waals surface area contributed by atoms with Crippen LogP contribution in [0.5, 0.6) is 0 Å². The van der Waals surface area contributed by atoms with Crippen LogP contribution in [-0.4, -0.2) is 25.9 Å². The van der Waals surface area contributed by atoms with Gasteiger partial charge >= 0.3 is 0 Å². The molecule has 1 heterocycles. The summed E-state index contributed by atoms with van der Waals surface area (Å²) in [6, 6.07) is 19.0. The van der Waals surface area contributed by atoms with Gasteiger partial charge in [0.1, 0.15) is 0 Å². The first-order valence-corrected chi connectivity index (χ1v) is 12.4. The molecular formula is C24H23N3O3S2. The largest absolute Gasteiger partial charge is 0.298 e. The molecule has 0 atom stereocenters. The van der Waals surface area contributed by atoms with Gasteiger partial charge in [-0.05, 0) is 74.4 Å². The number of anilines is 2. The van der Waals surface area contributed by atoms with Gasteiger partial charge in [0.15, 0.2) is 5.13 Å². The second-order valence-corrected chi connectivity index (χ2v) is 10.3. The number of carbonyl (C=O) groups excluding carboxylic acids is 1. The van der Waals surface area contributed by atoms with Crippen LogP contribution >= 0.6 is 11.3 Å². The molecule has 8 heteroatoms. The fourth-order valence-electron chi connectivity index (χ4n) is 3.58. The highest BCUT2D eigenvalue weighted by Crippen LogP contribution is 2.30. The maximum atomic E-state index is 13.1. The number of nitrogens with zero attached hydrogens (tertiary/aromatic N) is 2. The maximum absolute atomic E-state index is 13.1. The Kier molecular flexibility index (Phi) is 5.99. The van der Waals surface area contributed by atoms with Gasteiger partial charge in [-0.15, -0.1) is 0 Å². The van der Waals surface area contributed by atoms with Crippen LogP contribution in [0.3, 0.4) is 0 Å². The van der Waals surface area contributed by atoms with E-state index in [2.05, 4.69) is 16.4 Å². The highest BCUT2D eigenvalue weighted by atomic mass is 32.2. The highest BCUT2D eigenvalue weighted by molar-refractivity contribution is 7.92. The van der Waals surface area contributed by atoms with Gasteiger partial charge < -0.3 is 0 Å². The summed E-state index contributed by atoms with van der Waals surface area (Å²) in [5, 5.41) is 3.33. The van der Waals surface area contributed by atoms with E-state index in [-0.39, 0.29) is 10.8 Å². The molecule has 1 amide bonds. The van der Waals surface area contributed by atoms with Gasteiger partial charge in [-0.25, -0.2) is 13.4 Å². The van der Waals surface area contributed by atoms with Gasteiger partial charge in [-0.1, -0.05) is 35.6 Å². The number of thiazole rings is 1. The monoisotopic (exact) mass is 465 g/mol. The third kappa shape index (κ3) is 4.24. The number of benzene rings is 3. The molecular weight excluding hydrogens is 442 g/mol. The van der Waals surface area contributed by atoms with Crippen LogP contribution in [-0.2, 0) is 10.0 Å². The molecule has 0 bridgehead atoms. The Morgan fingerprint density at radius 2 is 1.72 bits per heavy atom. The van der Waals surface area contributed by atoms with Crippen molar-refractivity contribution in [2.24, 2.45) is 0 Å². The van der Waals surface area contributed by atoms with Gasteiger partial charge in [0.05, 0.1) is 20.8 Å². The zero-order valence-electron chi connectivity index (χ0n) is 18.0. The van der Waals surface area contributed by atoms with Crippen LogP contribution in [0.2, 0.25) is 0 Å². The lowest BCUT2D eigenvalue weighted by Crippen LogP contribution is -2.30. The summed E-state index contributed by atoms with van der Waals surface area (Å²) >= 11 is 1.41. The van der Waals surface area contributed by atoms with Crippen LogP contribution in [0.1, 0.15) is 28.4 Å². The van der Waals surface area contributed by atoms with Crippen LogP contribution in [0.4, 0.5) is 10.8 Å². The number of aromatic nitrogens is 1. The van der Waals surface area contributed by atoms with E-state index in [9.17, 15) is 13.2 Å². The number of para-hydroxylation sites is 1. The molecule has 0 saturated carbocycles. The first-order valence-electron chi connectivity index (χ1n) is 10.2. The summed E-state index contributed by atoms with van der Waals surface area (Å²) in [5.74, 6) is -0.335. The lowest BCUT2D eigenvalue weighted by atomic mass is 10.1. The van der Waals surface area contributed by atoms with Crippen LogP contribution in [0, 0.1) is 13.8 Å². The number of aryl methyl sites for hydroxylation is 2. The third-order valence-corrected chi connectivity index (χ3v) is 7.92. The SMILES string of the molecule is CCN(c1ccccc1)S(=O)(=O)c1ccc(C(=O)Nc2nc3c(C)cc(C)cc3s2)cc1. The standard InChI is InChI=1S/C24H23N3O3S2/c1-4-27(19-8-6-5-7-9-19)32(29,30)20-12-10-18(11-13-20)23(28)26-24-25-22-17(3)14-16(2)15-21(22)31-24/h5-15H,4H2,1-3H3,(H,25,26,28). The van der Waals surface area contributed by atoms with Crippen molar-refractivity contribution in [2.75, 3.05) is 16.2 Å². The number of sulfonamides is 1. The van der Waals surface area contributed by atoms with Crippen molar-refractivity contribution in [3.05, 3.63) is 83.4 Å². The smallest absolute Gasteiger partial charge is 0.264 e. The van der Waals surface area contributed by atoms with Gasteiger partial charge in [-0.3, -0.25) is 14.4 Å². The molecule has 0 unspecified atom stereocenters. The second kappa shape index (κ2) is 8.72. The topological polar surface area (TPSA) is 79.4 Å². The molecule has 1 N–H and O–H groups in total.